The summed E-state index contributed by atoms with van der Waals surface area (Å²) in [5.74, 6) is 1.64. The van der Waals surface area contributed by atoms with Gasteiger partial charge >= 0.3 is 0 Å². The molecule has 148 valence electrons. The van der Waals surface area contributed by atoms with Gasteiger partial charge in [-0.15, -0.1) is 0 Å². The van der Waals surface area contributed by atoms with Crippen LogP contribution < -0.4 is 5.32 Å². The molecule has 0 radical (unpaired) electrons. The van der Waals surface area contributed by atoms with E-state index in [1.807, 2.05) is 17.2 Å². The molecule has 4 rings (SSSR count). The molecule has 0 aromatic carbocycles. The number of likely N-dealkylation sites (tertiary alicyclic amines) is 1. The zero-order chi connectivity index (χ0) is 18.6. The number of carbonyl (C=O) groups is 2. The Labute approximate surface area is 160 Å². The summed E-state index contributed by atoms with van der Waals surface area (Å²) >= 11 is 0. The Bertz CT molecular complexity index is 642. The van der Waals surface area contributed by atoms with E-state index in [1.54, 1.807) is 10.9 Å². The molecular weight excluding hydrogens is 344 g/mol. The third-order valence-electron chi connectivity index (χ3n) is 6.55. The van der Waals surface area contributed by atoms with Crippen molar-refractivity contribution in [2.24, 2.45) is 23.7 Å². The van der Waals surface area contributed by atoms with Crippen LogP contribution >= 0.6 is 0 Å². The first-order valence-electron chi connectivity index (χ1n) is 10.3. The van der Waals surface area contributed by atoms with Crippen molar-refractivity contribution in [1.29, 1.82) is 0 Å². The van der Waals surface area contributed by atoms with E-state index >= 15 is 0 Å². The highest BCUT2D eigenvalue weighted by Crippen LogP contribution is 2.40. The van der Waals surface area contributed by atoms with Crippen molar-refractivity contribution in [3.05, 3.63) is 18.5 Å². The number of fused-ring (bicyclic) bond motifs is 1. The molecule has 1 aliphatic carbocycles. The summed E-state index contributed by atoms with van der Waals surface area (Å²) < 4.78 is 7.06. The Morgan fingerprint density at radius 3 is 2.78 bits per heavy atom. The molecule has 7 nitrogen and oxygen atoms in total. The normalized spacial score (nSPS) is 28.7. The second-order valence-corrected chi connectivity index (χ2v) is 8.26. The van der Waals surface area contributed by atoms with Gasteiger partial charge in [-0.05, 0) is 49.5 Å². The summed E-state index contributed by atoms with van der Waals surface area (Å²) in [5.41, 5.74) is 0. The molecule has 3 aliphatic rings. The number of ether oxygens (including phenoxy) is 1. The molecule has 2 saturated heterocycles. The number of aromatic nitrogens is 2. The van der Waals surface area contributed by atoms with Crippen LogP contribution in [0.4, 0.5) is 0 Å². The summed E-state index contributed by atoms with van der Waals surface area (Å²) in [6, 6.07) is 1.83. The fourth-order valence-corrected chi connectivity index (χ4v) is 4.96. The van der Waals surface area contributed by atoms with Gasteiger partial charge < -0.3 is 15.0 Å². The molecule has 7 heteroatoms. The van der Waals surface area contributed by atoms with Gasteiger partial charge in [-0.3, -0.25) is 14.3 Å². The highest BCUT2D eigenvalue weighted by Gasteiger charge is 2.44. The molecule has 3 atom stereocenters. The van der Waals surface area contributed by atoms with Crippen molar-refractivity contribution in [3.63, 3.8) is 0 Å². The van der Waals surface area contributed by atoms with Gasteiger partial charge in [-0.2, -0.15) is 5.10 Å². The lowest BCUT2D eigenvalue weighted by molar-refractivity contribution is -0.132. The fourth-order valence-electron chi connectivity index (χ4n) is 4.96. The van der Waals surface area contributed by atoms with E-state index < -0.39 is 0 Å². The number of nitrogens with zero attached hydrogens (tertiary/aromatic N) is 3. The van der Waals surface area contributed by atoms with E-state index in [4.69, 9.17) is 4.74 Å². The van der Waals surface area contributed by atoms with Gasteiger partial charge in [0.15, 0.2) is 0 Å². The summed E-state index contributed by atoms with van der Waals surface area (Å²) in [6.07, 6.45) is 8.72. The highest BCUT2D eigenvalue weighted by molar-refractivity contribution is 5.80. The van der Waals surface area contributed by atoms with E-state index in [9.17, 15) is 9.59 Å². The van der Waals surface area contributed by atoms with Gasteiger partial charge in [0.05, 0.1) is 0 Å². The summed E-state index contributed by atoms with van der Waals surface area (Å²) in [6.45, 7) is 4.16. The maximum Gasteiger partial charge on any atom is 0.244 e. The van der Waals surface area contributed by atoms with Crippen LogP contribution in [-0.2, 0) is 20.9 Å². The minimum Gasteiger partial charge on any atom is -0.381 e. The van der Waals surface area contributed by atoms with E-state index in [0.717, 1.165) is 58.4 Å². The molecule has 1 aromatic rings. The van der Waals surface area contributed by atoms with E-state index in [1.165, 1.54) is 0 Å². The second-order valence-electron chi connectivity index (χ2n) is 8.26. The highest BCUT2D eigenvalue weighted by atomic mass is 16.5. The van der Waals surface area contributed by atoms with Crippen LogP contribution in [0.2, 0.25) is 0 Å². The average Bonchev–Trinajstić information content (AvgIpc) is 3.36. The third-order valence-corrected chi connectivity index (χ3v) is 6.55. The molecule has 0 bridgehead atoms. The number of amides is 2. The Kier molecular flexibility index (Phi) is 5.76. The Hall–Kier alpha value is -1.89. The minimum atomic E-state index is 0.0473. The molecule has 2 amide bonds. The topological polar surface area (TPSA) is 76.5 Å². The SMILES string of the molecule is O=C(NCC1CCOCC1)[C@H]1CCC[C@H]2CN(C(=O)Cn3cccn3)C[C@@H]21. The fraction of sp³-hybridized carbons (Fsp3) is 0.750. The maximum absolute atomic E-state index is 12.9. The van der Waals surface area contributed by atoms with Crippen LogP contribution in [0.5, 0.6) is 0 Å². The van der Waals surface area contributed by atoms with Crippen LogP contribution in [0.25, 0.3) is 0 Å². The van der Waals surface area contributed by atoms with Crippen molar-refractivity contribution in [3.8, 4) is 0 Å². The van der Waals surface area contributed by atoms with Crippen LogP contribution in [0.1, 0.15) is 32.1 Å². The van der Waals surface area contributed by atoms with Gasteiger partial charge in [-0.25, -0.2) is 0 Å². The second kappa shape index (κ2) is 8.42. The van der Waals surface area contributed by atoms with Crippen LogP contribution in [0.15, 0.2) is 18.5 Å². The zero-order valence-corrected chi connectivity index (χ0v) is 15.9. The molecule has 3 fully saturated rings. The van der Waals surface area contributed by atoms with Crippen molar-refractivity contribution < 1.29 is 14.3 Å². The molecule has 1 saturated carbocycles. The molecular formula is C20H30N4O3. The molecule has 0 spiro atoms. The van der Waals surface area contributed by atoms with Crippen LogP contribution in [0, 0.1) is 23.7 Å². The Morgan fingerprint density at radius 1 is 1.15 bits per heavy atom. The number of rotatable bonds is 5. The number of hydrogen-bond donors (Lipinski definition) is 1. The summed E-state index contributed by atoms with van der Waals surface area (Å²) in [5, 5.41) is 7.33. The standard InChI is InChI=1S/C20H30N4O3/c25-19(14-24-8-2-7-22-24)23-12-16-3-1-4-17(18(16)13-23)20(26)21-11-15-5-9-27-10-6-15/h2,7-8,15-18H,1,3-6,9-14H2,(H,21,26)/t16-,17-,18-/m0/s1. The Morgan fingerprint density at radius 2 is 2.00 bits per heavy atom. The number of hydrogen-bond acceptors (Lipinski definition) is 4. The maximum atomic E-state index is 12.9. The molecule has 27 heavy (non-hydrogen) atoms. The van der Waals surface area contributed by atoms with Crippen LogP contribution in [0.3, 0.4) is 0 Å². The van der Waals surface area contributed by atoms with Crippen molar-refractivity contribution in [2.45, 2.75) is 38.6 Å². The molecule has 3 heterocycles. The third kappa shape index (κ3) is 4.34. The van der Waals surface area contributed by atoms with E-state index in [2.05, 4.69) is 10.4 Å². The molecule has 2 aliphatic heterocycles. The van der Waals surface area contributed by atoms with Gasteiger partial charge in [0.2, 0.25) is 11.8 Å². The first kappa shape index (κ1) is 18.5. The average molecular weight is 374 g/mol. The quantitative estimate of drug-likeness (QED) is 0.843. The minimum absolute atomic E-state index is 0.0473. The predicted octanol–water partition coefficient (Wildman–Crippen LogP) is 1.30. The van der Waals surface area contributed by atoms with E-state index in [0.29, 0.717) is 24.3 Å². The van der Waals surface area contributed by atoms with Gasteiger partial charge in [0.25, 0.3) is 0 Å². The Balaban J connectivity index is 1.31. The van der Waals surface area contributed by atoms with E-state index in [-0.39, 0.29) is 24.3 Å². The van der Waals surface area contributed by atoms with Gasteiger partial charge in [-0.1, -0.05) is 6.42 Å². The lowest BCUT2D eigenvalue weighted by atomic mass is 9.73. The zero-order valence-electron chi connectivity index (χ0n) is 15.9. The summed E-state index contributed by atoms with van der Waals surface area (Å²) in [4.78, 5) is 27.4. The first-order chi connectivity index (χ1) is 13.2. The largest absolute Gasteiger partial charge is 0.381 e. The van der Waals surface area contributed by atoms with Crippen molar-refractivity contribution in [1.82, 2.24) is 20.0 Å². The van der Waals surface area contributed by atoms with Crippen molar-refractivity contribution >= 4 is 11.8 Å². The number of nitrogens with one attached hydrogen (secondary N) is 1. The monoisotopic (exact) mass is 374 g/mol. The van der Waals surface area contributed by atoms with Gasteiger partial charge in [0, 0.05) is 51.2 Å². The number of carbonyl (C=O) groups excluding carboxylic acids is 2. The molecule has 1 N–H and O–H groups in total. The van der Waals surface area contributed by atoms with Gasteiger partial charge in [0.1, 0.15) is 6.54 Å². The van der Waals surface area contributed by atoms with Crippen molar-refractivity contribution in [2.75, 3.05) is 32.8 Å². The smallest absolute Gasteiger partial charge is 0.244 e. The lowest BCUT2D eigenvalue weighted by Gasteiger charge is -2.32. The lowest BCUT2D eigenvalue weighted by Crippen LogP contribution is -2.42. The first-order valence-corrected chi connectivity index (χ1v) is 10.3. The van der Waals surface area contributed by atoms with Crippen LogP contribution in [-0.4, -0.2) is 59.3 Å². The predicted molar refractivity (Wildman–Crippen MR) is 99.7 cm³/mol. The molecule has 0 unspecified atom stereocenters. The summed E-state index contributed by atoms with van der Waals surface area (Å²) in [7, 11) is 0. The molecule has 1 aromatic heterocycles.